The van der Waals surface area contributed by atoms with E-state index < -0.39 is 4.92 Å². The van der Waals surface area contributed by atoms with E-state index in [2.05, 4.69) is 16.9 Å². The molecule has 1 unspecified atom stereocenters. The number of amides is 1. The van der Waals surface area contributed by atoms with Crippen molar-refractivity contribution in [1.29, 1.82) is 0 Å². The van der Waals surface area contributed by atoms with E-state index in [4.69, 9.17) is 0 Å². The van der Waals surface area contributed by atoms with E-state index in [1.165, 1.54) is 12.3 Å². The number of piperazine rings is 1. The Hall–Kier alpha value is -2.22. The first kappa shape index (κ1) is 15.7. The van der Waals surface area contributed by atoms with Gasteiger partial charge in [0.1, 0.15) is 18.1 Å². The SMILES string of the molecule is CN1CCN(C(=O)C2CCCN2c2ccc([N+](=O)[O-])cn2)CC1. The van der Waals surface area contributed by atoms with Crippen molar-refractivity contribution < 1.29 is 9.72 Å². The predicted octanol–water partition coefficient (Wildman–Crippen LogP) is 0.733. The Kier molecular flexibility index (Phi) is 4.42. The zero-order valence-corrected chi connectivity index (χ0v) is 13.2. The van der Waals surface area contributed by atoms with Crippen molar-refractivity contribution in [3.8, 4) is 0 Å². The lowest BCUT2D eigenvalue weighted by Gasteiger charge is -2.36. The van der Waals surface area contributed by atoms with Crippen LogP contribution >= 0.6 is 0 Å². The van der Waals surface area contributed by atoms with Crippen LogP contribution in [0.2, 0.25) is 0 Å². The molecule has 0 spiro atoms. The molecular formula is C15H21N5O3. The molecule has 124 valence electrons. The Bertz CT molecular complexity index is 583. The zero-order valence-electron chi connectivity index (χ0n) is 13.2. The van der Waals surface area contributed by atoms with Gasteiger partial charge in [0.25, 0.3) is 5.69 Å². The highest BCUT2D eigenvalue weighted by Crippen LogP contribution is 2.26. The number of hydrogen-bond acceptors (Lipinski definition) is 6. The fraction of sp³-hybridized carbons (Fsp3) is 0.600. The topological polar surface area (TPSA) is 82.8 Å². The number of nitro groups is 1. The maximum Gasteiger partial charge on any atom is 0.287 e. The van der Waals surface area contributed by atoms with Crippen LogP contribution in [-0.4, -0.2) is 71.4 Å². The summed E-state index contributed by atoms with van der Waals surface area (Å²) in [6.45, 7) is 4.07. The summed E-state index contributed by atoms with van der Waals surface area (Å²) >= 11 is 0. The zero-order chi connectivity index (χ0) is 16.4. The molecule has 8 nitrogen and oxygen atoms in total. The van der Waals surface area contributed by atoms with Gasteiger partial charge < -0.3 is 14.7 Å². The van der Waals surface area contributed by atoms with Crippen LogP contribution in [0.15, 0.2) is 18.3 Å². The average molecular weight is 319 g/mol. The first-order chi connectivity index (χ1) is 11.1. The molecule has 2 saturated heterocycles. The summed E-state index contributed by atoms with van der Waals surface area (Å²) < 4.78 is 0. The molecular weight excluding hydrogens is 298 g/mol. The summed E-state index contributed by atoms with van der Waals surface area (Å²) in [4.78, 5) is 33.4. The highest BCUT2D eigenvalue weighted by atomic mass is 16.6. The number of carbonyl (C=O) groups is 1. The molecule has 23 heavy (non-hydrogen) atoms. The molecule has 0 radical (unpaired) electrons. The van der Waals surface area contributed by atoms with E-state index in [-0.39, 0.29) is 17.6 Å². The van der Waals surface area contributed by atoms with Crippen LogP contribution in [-0.2, 0) is 4.79 Å². The largest absolute Gasteiger partial charge is 0.345 e. The highest BCUT2D eigenvalue weighted by molar-refractivity contribution is 5.85. The van der Waals surface area contributed by atoms with Crippen LogP contribution in [0.3, 0.4) is 0 Å². The Morgan fingerprint density at radius 2 is 2.00 bits per heavy atom. The van der Waals surface area contributed by atoms with Crippen LogP contribution in [0.5, 0.6) is 0 Å². The lowest BCUT2D eigenvalue weighted by Crippen LogP contribution is -2.53. The van der Waals surface area contributed by atoms with Crippen LogP contribution < -0.4 is 4.90 Å². The van der Waals surface area contributed by atoms with Gasteiger partial charge >= 0.3 is 0 Å². The van der Waals surface area contributed by atoms with Crippen molar-refractivity contribution in [2.45, 2.75) is 18.9 Å². The quantitative estimate of drug-likeness (QED) is 0.603. The van der Waals surface area contributed by atoms with Gasteiger partial charge in [0.2, 0.25) is 5.91 Å². The number of anilines is 1. The molecule has 0 bridgehead atoms. The standard InChI is InChI=1S/C15H21N5O3/c1-17-7-9-18(10-8-17)15(21)13-3-2-6-19(13)14-5-4-12(11-16-14)20(22)23/h4-5,11,13H,2-3,6-10H2,1H3. The summed E-state index contributed by atoms with van der Waals surface area (Å²) in [6.07, 6.45) is 3.00. The maximum absolute atomic E-state index is 12.8. The second kappa shape index (κ2) is 6.49. The van der Waals surface area contributed by atoms with Gasteiger partial charge in [0.05, 0.1) is 4.92 Å². The summed E-state index contributed by atoms with van der Waals surface area (Å²) in [7, 11) is 2.06. The number of rotatable bonds is 3. The monoisotopic (exact) mass is 319 g/mol. The van der Waals surface area contributed by atoms with E-state index in [1.54, 1.807) is 6.07 Å². The Labute approximate surface area is 134 Å². The molecule has 2 aliphatic heterocycles. The molecule has 8 heteroatoms. The molecule has 0 saturated carbocycles. The van der Waals surface area contributed by atoms with E-state index in [1.807, 2.05) is 9.80 Å². The fourth-order valence-corrected chi connectivity index (χ4v) is 3.19. The lowest BCUT2D eigenvalue weighted by atomic mass is 10.1. The molecule has 2 fully saturated rings. The van der Waals surface area contributed by atoms with Crippen molar-refractivity contribution in [2.24, 2.45) is 0 Å². The molecule has 1 atom stereocenters. The molecule has 1 aromatic heterocycles. The van der Waals surface area contributed by atoms with Crippen molar-refractivity contribution in [1.82, 2.24) is 14.8 Å². The van der Waals surface area contributed by atoms with Gasteiger partial charge in [0.15, 0.2) is 0 Å². The van der Waals surface area contributed by atoms with E-state index in [9.17, 15) is 14.9 Å². The fourth-order valence-electron chi connectivity index (χ4n) is 3.19. The van der Waals surface area contributed by atoms with E-state index in [0.717, 1.165) is 45.6 Å². The number of nitrogens with zero attached hydrogens (tertiary/aromatic N) is 5. The number of aromatic nitrogens is 1. The third-order valence-electron chi connectivity index (χ3n) is 4.59. The summed E-state index contributed by atoms with van der Waals surface area (Å²) in [6, 6.07) is 2.87. The lowest BCUT2D eigenvalue weighted by molar-refractivity contribution is -0.385. The minimum atomic E-state index is -0.465. The third-order valence-corrected chi connectivity index (χ3v) is 4.59. The van der Waals surface area contributed by atoms with Crippen molar-refractivity contribution in [2.75, 3.05) is 44.7 Å². The van der Waals surface area contributed by atoms with Gasteiger partial charge in [-0.15, -0.1) is 0 Å². The first-order valence-electron chi connectivity index (χ1n) is 7.90. The van der Waals surface area contributed by atoms with Gasteiger partial charge in [-0.2, -0.15) is 0 Å². The molecule has 1 amide bonds. The van der Waals surface area contributed by atoms with E-state index >= 15 is 0 Å². The molecule has 0 aliphatic carbocycles. The number of carbonyl (C=O) groups excluding carboxylic acids is 1. The van der Waals surface area contributed by atoms with Gasteiger partial charge in [-0.1, -0.05) is 0 Å². The summed E-state index contributed by atoms with van der Waals surface area (Å²) in [5, 5.41) is 10.7. The van der Waals surface area contributed by atoms with Gasteiger partial charge in [-0.3, -0.25) is 14.9 Å². The first-order valence-corrected chi connectivity index (χ1v) is 7.90. The maximum atomic E-state index is 12.8. The van der Waals surface area contributed by atoms with Crippen LogP contribution in [0.25, 0.3) is 0 Å². The van der Waals surface area contributed by atoms with Gasteiger partial charge in [-0.25, -0.2) is 4.98 Å². The second-order valence-electron chi connectivity index (χ2n) is 6.11. The number of likely N-dealkylation sites (N-methyl/N-ethyl adjacent to an activating group) is 1. The molecule has 2 aliphatic rings. The Morgan fingerprint density at radius 1 is 1.26 bits per heavy atom. The van der Waals surface area contributed by atoms with Crippen LogP contribution in [0.1, 0.15) is 12.8 Å². The van der Waals surface area contributed by atoms with Crippen molar-refractivity contribution >= 4 is 17.4 Å². The van der Waals surface area contributed by atoms with Crippen molar-refractivity contribution in [3.63, 3.8) is 0 Å². The van der Waals surface area contributed by atoms with Crippen LogP contribution in [0.4, 0.5) is 11.5 Å². The van der Waals surface area contributed by atoms with Crippen molar-refractivity contribution in [3.05, 3.63) is 28.4 Å². The molecule has 1 aromatic rings. The number of hydrogen-bond donors (Lipinski definition) is 0. The van der Waals surface area contributed by atoms with Crippen LogP contribution in [0, 0.1) is 10.1 Å². The molecule has 3 rings (SSSR count). The minimum absolute atomic E-state index is 0.0325. The third kappa shape index (κ3) is 3.26. The summed E-state index contributed by atoms with van der Waals surface area (Å²) in [5.41, 5.74) is -0.0325. The molecule has 0 N–H and O–H groups in total. The summed E-state index contributed by atoms with van der Waals surface area (Å²) in [5.74, 6) is 0.788. The van der Waals surface area contributed by atoms with E-state index in [0.29, 0.717) is 5.82 Å². The van der Waals surface area contributed by atoms with Gasteiger partial charge in [-0.05, 0) is 26.0 Å². The second-order valence-corrected chi connectivity index (χ2v) is 6.11. The average Bonchev–Trinajstić information content (AvgIpc) is 3.04. The molecule has 0 aromatic carbocycles. The smallest absolute Gasteiger partial charge is 0.287 e. The Morgan fingerprint density at radius 3 is 2.61 bits per heavy atom. The van der Waals surface area contributed by atoms with Gasteiger partial charge in [0, 0.05) is 38.8 Å². The normalized spacial score (nSPS) is 22.4. The Balaban J connectivity index is 1.72. The highest BCUT2D eigenvalue weighted by Gasteiger charge is 2.35. The predicted molar refractivity (Wildman–Crippen MR) is 85.3 cm³/mol. The molecule has 3 heterocycles. The number of pyridine rings is 1. The minimum Gasteiger partial charge on any atom is -0.345 e.